The van der Waals surface area contributed by atoms with Gasteiger partial charge in [-0.05, 0) is 42.3 Å². The highest BCUT2D eigenvalue weighted by atomic mass is 32.2. The molecule has 2 rings (SSSR count). The molecule has 2 aromatic rings. The largest absolute Gasteiger partial charge is 0.325 e. The van der Waals surface area contributed by atoms with Gasteiger partial charge < -0.3 is 5.32 Å². The topological polar surface area (TPSA) is 104 Å². The number of carbonyl (C=O) groups excluding carboxylic acids is 1. The van der Waals surface area contributed by atoms with Crippen LogP contribution in [0.5, 0.6) is 0 Å². The van der Waals surface area contributed by atoms with Gasteiger partial charge in [0.05, 0.1) is 16.8 Å². The van der Waals surface area contributed by atoms with Gasteiger partial charge in [-0.2, -0.15) is 4.31 Å². The van der Waals surface area contributed by atoms with Gasteiger partial charge in [0.25, 0.3) is 0 Å². The predicted molar refractivity (Wildman–Crippen MR) is 123 cm³/mol. The van der Waals surface area contributed by atoms with Crippen molar-refractivity contribution in [3.05, 3.63) is 54.1 Å². The minimum Gasteiger partial charge on any atom is -0.325 e. The standard InChI is InChI=1S/C21H29N3O5S2/c1-5-17-10-8-9-11-20(17)24(30(4,26)27)16-21(25)22-18-12-14-19(15-13-18)31(28,29)23(6-2)7-3/h8-15H,5-7,16H2,1-4H3,(H,22,25). The lowest BCUT2D eigenvalue weighted by molar-refractivity contribution is -0.114. The van der Waals surface area contributed by atoms with E-state index in [2.05, 4.69) is 5.32 Å². The number of nitrogens with one attached hydrogen (secondary N) is 1. The molecule has 0 saturated heterocycles. The van der Waals surface area contributed by atoms with Crippen molar-refractivity contribution in [1.29, 1.82) is 0 Å². The molecule has 1 amide bonds. The molecule has 0 radical (unpaired) electrons. The number of anilines is 2. The highest BCUT2D eigenvalue weighted by Crippen LogP contribution is 2.24. The summed E-state index contributed by atoms with van der Waals surface area (Å²) in [5, 5.41) is 2.63. The van der Waals surface area contributed by atoms with Crippen LogP contribution in [0.3, 0.4) is 0 Å². The quantitative estimate of drug-likeness (QED) is 0.579. The third kappa shape index (κ3) is 6.05. The second-order valence-corrected chi connectivity index (χ2v) is 10.8. The smallest absolute Gasteiger partial charge is 0.245 e. The molecule has 170 valence electrons. The average molecular weight is 468 g/mol. The van der Waals surface area contributed by atoms with E-state index in [1.165, 1.54) is 28.6 Å². The Kier molecular flexibility index (Phi) is 8.21. The summed E-state index contributed by atoms with van der Waals surface area (Å²) in [5.41, 5.74) is 1.65. The molecule has 0 bridgehead atoms. The molecule has 0 aliphatic heterocycles. The van der Waals surface area contributed by atoms with Gasteiger partial charge in [0, 0.05) is 18.8 Å². The zero-order valence-electron chi connectivity index (χ0n) is 18.2. The molecule has 0 aliphatic rings. The fourth-order valence-corrected chi connectivity index (χ4v) is 5.53. The number of sulfonamides is 2. The fraction of sp³-hybridized carbons (Fsp3) is 0.381. The molecule has 0 atom stereocenters. The first-order chi connectivity index (χ1) is 14.5. The summed E-state index contributed by atoms with van der Waals surface area (Å²) in [6, 6.07) is 12.8. The van der Waals surface area contributed by atoms with Crippen molar-refractivity contribution in [3.63, 3.8) is 0 Å². The van der Waals surface area contributed by atoms with Gasteiger partial charge in [0.1, 0.15) is 6.54 Å². The van der Waals surface area contributed by atoms with E-state index in [0.29, 0.717) is 30.9 Å². The monoisotopic (exact) mass is 467 g/mol. The van der Waals surface area contributed by atoms with Crippen LogP contribution in [-0.4, -0.2) is 52.9 Å². The van der Waals surface area contributed by atoms with E-state index in [9.17, 15) is 21.6 Å². The van der Waals surface area contributed by atoms with Crippen molar-refractivity contribution in [2.75, 3.05) is 35.5 Å². The maximum absolute atomic E-state index is 12.6. The van der Waals surface area contributed by atoms with Crippen molar-refractivity contribution >= 4 is 37.3 Å². The number of hydrogen-bond donors (Lipinski definition) is 1. The predicted octanol–water partition coefficient (Wildman–Crippen LogP) is 2.68. The van der Waals surface area contributed by atoms with Crippen molar-refractivity contribution in [3.8, 4) is 0 Å². The molecule has 10 heteroatoms. The Morgan fingerprint density at radius 1 is 0.903 bits per heavy atom. The van der Waals surface area contributed by atoms with Crippen molar-refractivity contribution in [2.45, 2.75) is 32.1 Å². The number of benzene rings is 2. The highest BCUT2D eigenvalue weighted by Gasteiger charge is 2.24. The first kappa shape index (κ1) is 24.8. The van der Waals surface area contributed by atoms with Gasteiger partial charge in [0.2, 0.25) is 26.0 Å². The third-order valence-corrected chi connectivity index (χ3v) is 8.00. The third-order valence-electron chi connectivity index (χ3n) is 4.81. The Morgan fingerprint density at radius 3 is 2.00 bits per heavy atom. The molecule has 0 fully saturated rings. The average Bonchev–Trinajstić information content (AvgIpc) is 2.72. The molecule has 0 spiro atoms. The van der Waals surface area contributed by atoms with Crippen LogP contribution in [0.15, 0.2) is 53.4 Å². The zero-order valence-corrected chi connectivity index (χ0v) is 19.8. The van der Waals surface area contributed by atoms with E-state index in [-0.39, 0.29) is 4.90 Å². The van der Waals surface area contributed by atoms with Crippen molar-refractivity contribution in [2.24, 2.45) is 0 Å². The lowest BCUT2D eigenvalue weighted by Crippen LogP contribution is -2.38. The Balaban J connectivity index is 2.21. The van der Waals surface area contributed by atoms with E-state index in [0.717, 1.165) is 16.1 Å². The molecule has 0 saturated carbocycles. The highest BCUT2D eigenvalue weighted by molar-refractivity contribution is 7.92. The maximum Gasteiger partial charge on any atom is 0.245 e. The maximum atomic E-state index is 12.6. The van der Waals surface area contributed by atoms with Gasteiger partial charge in [-0.3, -0.25) is 9.10 Å². The van der Waals surface area contributed by atoms with Crippen LogP contribution in [-0.2, 0) is 31.3 Å². The Labute approximate surface area is 185 Å². The van der Waals surface area contributed by atoms with Crippen LogP contribution < -0.4 is 9.62 Å². The lowest BCUT2D eigenvalue weighted by atomic mass is 10.1. The zero-order chi connectivity index (χ0) is 23.2. The first-order valence-corrected chi connectivity index (χ1v) is 13.3. The lowest BCUT2D eigenvalue weighted by Gasteiger charge is -2.24. The van der Waals surface area contributed by atoms with Gasteiger partial charge in [-0.15, -0.1) is 0 Å². The Morgan fingerprint density at radius 2 is 1.48 bits per heavy atom. The van der Waals surface area contributed by atoms with Crippen molar-refractivity contribution in [1.82, 2.24) is 4.31 Å². The summed E-state index contributed by atoms with van der Waals surface area (Å²) in [6.07, 6.45) is 1.67. The Bertz CT molecular complexity index is 1110. The fourth-order valence-electron chi connectivity index (χ4n) is 3.19. The Hall–Kier alpha value is -2.43. The molecule has 0 heterocycles. The van der Waals surface area contributed by atoms with E-state index < -0.39 is 32.5 Å². The number of aryl methyl sites for hydroxylation is 1. The molecule has 0 aromatic heterocycles. The number of carbonyl (C=O) groups is 1. The summed E-state index contributed by atoms with van der Waals surface area (Å²) < 4.78 is 52.2. The summed E-state index contributed by atoms with van der Waals surface area (Å²) in [5.74, 6) is -0.532. The molecule has 31 heavy (non-hydrogen) atoms. The molecule has 2 aromatic carbocycles. The summed E-state index contributed by atoms with van der Waals surface area (Å²) >= 11 is 0. The van der Waals surface area contributed by atoms with Crippen LogP contribution in [0.2, 0.25) is 0 Å². The van der Waals surface area contributed by atoms with E-state index in [1.54, 1.807) is 26.0 Å². The second-order valence-electron chi connectivity index (χ2n) is 6.91. The normalized spacial score (nSPS) is 12.0. The van der Waals surface area contributed by atoms with Crippen LogP contribution in [0.25, 0.3) is 0 Å². The van der Waals surface area contributed by atoms with Gasteiger partial charge in [0.15, 0.2) is 0 Å². The van der Waals surface area contributed by atoms with E-state index in [1.807, 2.05) is 19.1 Å². The summed E-state index contributed by atoms with van der Waals surface area (Å²) in [4.78, 5) is 12.7. The van der Waals surface area contributed by atoms with Crippen LogP contribution in [0.4, 0.5) is 11.4 Å². The van der Waals surface area contributed by atoms with Crippen LogP contribution in [0.1, 0.15) is 26.3 Å². The molecular weight excluding hydrogens is 438 g/mol. The first-order valence-electron chi connectivity index (χ1n) is 10.00. The number of para-hydroxylation sites is 1. The molecular formula is C21H29N3O5S2. The van der Waals surface area contributed by atoms with E-state index >= 15 is 0 Å². The second kappa shape index (κ2) is 10.3. The number of rotatable bonds is 10. The van der Waals surface area contributed by atoms with Gasteiger partial charge >= 0.3 is 0 Å². The molecule has 0 aliphatic carbocycles. The minimum atomic E-state index is -3.69. The minimum absolute atomic E-state index is 0.129. The van der Waals surface area contributed by atoms with Gasteiger partial charge in [-0.25, -0.2) is 16.8 Å². The molecule has 0 unspecified atom stereocenters. The number of amides is 1. The van der Waals surface area contributed by atoms with Crippen molar-refractivity contribution < 1.29 is 21.6 Å². The molecule has 8 nitrogen and oxygen atoms in total. The number of nitrogens with zero attached hydrogens (tertiary/aromatic N) is 2. The van der Waals surface area contributed by atoms with Gasteiger partial charge in [-0.1, -0.05) is 39.0 Å². The molecule has 1 N–H and O–H groups in total. The van der Waals surface area contributed by atoms with E-state index in [4.69, 9.17) is 0 Å². The summed E-state index contributed by atoms with van der Waals surface area (Å²) in [6.45, 7) is 5.76. The SMILES string of the molecule is CCc1ccccc1N(CC(=O)Nc1ccc(S(=O)(=O)N(CC)CC)cc1)S(C)(=O)=O. The van der Waals surface area contributed by atoms with Crippen LogP contribution in [0, 0.1) is 0 Å². The van der Waals surface area contributed by atoms with Crippen LogP contribution >= 0.6 is 0 Å². The summed E-state index contributed by atoms with van der Waals surface area (Å²) in [7, 11) is -7.29. The number of hydrogen-bond acceptors (Lipinski definition) is 5.